The lowest BCUT2D eigenvalue weighted by Crippen LogP contribution is -2.20. The normalized spacial score (nSPS) is 11.0. The van der Waals surface area contributed by atoms with Gasteiger partial charge >= 0.3 is 0 Å². The highest BCUT2D eigenvalue weighted by molar-refractivity contribution is 9.10. The molecule has 124 valence electrons. The van der Waals surface area contributed by atoms with Crippen LogP contribution in [0.1, 0.15) is 11.4 Å². The van der Waals surface area contributed by atoms with Gasteiger partial charge in [0.25, 0.3) is 0 Å². The Kier molecular flexibility index (Phi) is 5.26. The van der Waals surface area contributed by atoms with E-state index in [4.69, 9.17) is 0 Å². The number of aromatic nitrogens is 2. The summed E-state index contributed by atoms with van der Waals surface area (Å²) in [6.45, 7) is 2.27. The van der Waals surface area contributed by atoms with Crippen molar-refractivity contribution in [3.05, 3.63) is 58.3 Å². The van der Waals surface area contributed by atoms with Crippen molar-refractivity contribution in [3.63, 3.8) is 0 Å². The molecule has 0 fully saturated rings. The summed E-state index contributed by atoms with van der Waals surface area (Å²) in [4.78, 5) is 17.1. The predicted molar refractivity (Wildman–Crippen MR) is 104 cm³/mol. The molecule has 3 aromatic rings. The van der Waals surface area contributed by atoms with Crippen LogP contribution in [-0.2, 0) is 17.1 Å². The lowest BCUT2D eigenvalue weighted by Gasteiger charge is -2.10. The average molecular weight is 404 g/mol. The number of nitrogens with zero attached hydrogens (tertiary/aromatic N) is 2. The maximum absolute atomic E-state index is 12.5. The van der Waals surface area contributed by atoms with Crippen LogP contribution in [0.5, 0.6) is 0 Å². The summed E-state index contributed by atoms with van der Waals surface area (Å²) in [7, 11) is 0. The summed E-state index contributed by atoms with van der Waals surface area (Å²) in [6, 6.07) is 13.7. The van der Waals surface area contributed by atoms with Crippen molar-refractivity contribution in [1.29, 1.82) is 0 Å². The SMILES string of the molecule is CSCc1nc2ccccc2n1CC(=O)Nc1ccc(C)c(Br)c1. The number of fused-ring (bicyclic) bond motifs is 1. The van der Waals surface area contributed by atoms with Gasteiger partial charge in [0.1, 0.15) is 12.4 Å². The smallest absolute Gasteiger partial charge is 0.244 e. The molecule has 0 radical (unpaired) electrons. The maximum atomic E-state index is 12.5. The molecule has 24 heavy (non-hydrogen) atoms. The summed E-state index contributed by atoms with van der Waals surface area (Å²) in [5.41, 5.74) is 3.83. The Hall–Kier alpha value is -1.79. The number of amides is 1. The molecule has 0 aliphatic heterocycles. The highest BCUT2D eigenvalue weighted by atomic mass is 79.9. The van der Waals surface area contributed by atoms with Crippen molar-refractivity contribution in [2.75, 3.05) is 11.6 Å². The number of halogens is 1. The molecule has 0 atom stereocenters. The van der Waals surface area contributed by atoms with Crippen LogP contribution in [0.15, 0.2) is 46.9 Å². The van der Waals surface area contributed by atoms with Crippen LogP contribution in [0.2, 0.25) is 0 Å². The summed E-state index contributed by atoms with van der Waals surface area (Å²) < 4.78 is 2.97. The van der Waals surface area contributed by atoms with Gasteiger partial charge in [-0.2, -0.15) is 11.8 Å². The zero-order valence-corrected chi connectivity index (χ0v) is 15.9. The Bertz CT molecular complexity index is 891. The second-order valence-corrected chi connectivity index (χ2v) is 7.27. The molecule has 0 aliphatic carbocycles. The first-order valence-corrected chi connectivity index (χ1v) is 9.76. The van der Waals surface area contributed by atoms with Crippen molar-refractivity contribution in [2.24, 2.45) is 0 Å². The highest BCUT2D eigenvalue weighted by Crippen LogP contribution is 2.22. The van der Waals surface area contributed by atoms with E-state index in [1.807, 2.05) is 60.2 Å². The summed E-state index contributed by atoms with van der Waals surface area (Å²) in [5, 5.41) is 2.96. The van der Waals surface area contributed by atoms with Crippen LogP contribution in [-0.4, -0.2) is 21.7 Å². The van der Waals surface area contributed by atoms with E-state index in [9.17, 15) is 4.79 Å². The third kappa shape index (κ3) is 3.65. The molecule has 1 amide bonds. The number of rotatable bonds is 5. The second kappa shape index (κ2) is 7.40. The van der Waals surface area contributed by atoms with Crippen LogP contribution in [0.3, 0.4) is 0 Å². The topological polar surface area (TPSA) is 46.9 Å². The fourth-order valence-electron chi connectivity index (χ4n) is 2.56. The van der Waals surface area contributed by atoms with Crippen molar-refractivity contribution >= 4 is 50.3 Å². The monoisotopic (exact) mass is 403 g/mol. The van der Waals surface area contributed by atoms with Gasteiger partial charge < -0.3 is 9.88 Å². The molecule has 6 heteroatoms. The van der Waals surface area contributed by atoms with Gasteiger partial charge in [-0.3, -0.25) is 4.79 Å². The predicted octanol–water partition coefficient (Wildman–Crippen LogP) is 4.61. The quantitative estimate of drug-likeness (QED) is 0.676. The number of hydrogen-bond acceptors (Lipinski definition) is 3. The number of thioether (sulfide) groups is 1. The van der Waals surface area contributed by atoms with Crippen molar-refractivity contribution in [2.45, 2.75) is 19.2 Å². The molecular weight excluding hydrogens is 386 g/mol. The van der Waals surface area contributed by atoms with E-state index in [-0.39, 0.29) is 12.5 Å². The Morgan fingerprint density at radius 1 is 1.29 bits per heavy atom. The fraction of sp³-hybridized carbons (Fsp3) is 0.222. The third-order valence-corrected chi connectivity index (χ3v) is 5.17. The molecule has 0 saturated heterocycles. The zero-order chi connectivity index (χ0) is 17.1. The maximum Gasteiger partial charge on any atom is 0.244 e. The van der Waals surface area contributed by atoms with Crippen molar-refractivity contribution in [3.8, 4) is 0 Å². The Labute approximate surface area is 153 Å². The van der Waals surface area contributed by atoms with Crippen LogP contribution >= 0.6 is 27.7 Å². The number of carbonyl (C=O) groups is 1. The molecule has 1 N–H and O–H groups in total. The first kappa shape index (κ1) is 17.0. The number of carbonyl (C=O) groups excluding carboxylic acids is 1. The Morgan fingerprint density at radius 2 is 2.08 bits per heavy atom. The minimum absolute atomic E-state index is 0.0590. The highest BCUT2D eigenvalue weighted by Gasteiger charge is 2.13. The number of nitrogens with one attached hydrogen (secondary N) is 1. The molecule has 4 nitrogen and oxygen atoms in total. The van der Waals surface area contributed by atoms with Gasteiger partial charge in [-0.25, -0.2) is 4.98 Å². The van der Waals surface area contributed by atoms with E-state index in [0.29, 0.717) is 0 Å². The largest absolute Gasteiger partial charge is 0.324 e. The lowest BCUT2D eigenvalue weighted by atomic mass is 10.2. The standard InChI is InChI=1S/C18H18BrN3OS/c1-12-7-8-13(9-14(12)19)20-18(23)10-22-16-6-4-3-5-15(16)21-17(22)11-24-2/h3-9H,10-11H2,1-2H3,(H,20,23). The Balaban J connectivity index is 1.84. The van der Waals surface area contributed by atoms with Gasteiger partial charge in [-0.1, -0.05) is 34.1 Å². The number of para-hydroxylation sites is 2. The second-order valence-electron chi connectivity index (χ2n) is 5.55. The first-order chi connectivity index (χ1) is 11.6. The van der Waals surface area contributed by atoms with E-state index in [2.05, 4.69) is 26.2 Å². The molecular formula is C18H18BrN3OS. The molecule has 3 rings (SSSR count). The van der Waals surface area contributed by atoms with Crippen LogP contribution in [0.4, 0.5) is 5.69 Å². The molecule has 1 aromatic heterocycles. The van der Waals surface area contributed by atoms with Gasteiger partial charge in [0.15, 0.2) is 0 Å². The van der Waals surface area contributed by atoms with E-state index in [0.717, 1.165) is 38.3 Å². The number of benzene rings is 2. The van der Waals surface area contributed by atoms with Crippen LogP contribution in [0.25, 0.3) is 11.0 Å². The number of hydrogen-bond donors (Lipinski definition) is 1. The van der Waals surface area contributed by atoms with E-state index in [1.54, 1.807) is 11.8 Å². The van der Waals surface area contributed by atoms with E-state index in [1.165, 1.54) is 0 Å². The minimum Gasteiger partial charge on any atom is -0.324 e. The van der Waals surface area contributed by atoms with E-state index >= 15 is 0 Å². The van der Waals surface area contributed by atoms with Crippen molar-refractivity contribution in [1.82, 2.24) is 9.55 Å². The summed E-state index contributed by atoms with van der Waals surface area (Å²) in [5.74, 6) is 1.64. The fourth-order valence-corrected chi connectivity index (χ4v) is 3.41. The lowest BCUT2D eigenvalue weighted by molar-refractivity contribution is -0.116. The average Bonchev–Trinajstić information content (AvgIpc) is 2.89. The summed E-state index contributed by atoms with van der Waals surface area (Å²) in [6.07, 6.45) is 2.04. The number of aryl methyl sites for hydroxylation is 1. The molecule has 0 aliphatic rings. The molecule has 0 spiro atoms. The summed E-state index contributed by atoms with van der Waals surface area (Å²) >= 11 is 5.19. The van der Waals surface area contributed by atoms with Gasteiger partial charge in [-0.15, -0.1) is 0 Å². The van der Waals surface area contributed by atoms with Gasteiger partial charge in [0.2, 0.25) is 5.91 Å². The number of imidazole rings is 1. The van der Waals surface area contributed by atoms with E-state index < -0.39 is 0 Å². The van der Waals surface area contributed by atoms with Crippen LogP contribution in [0, 0.1) is 6.92 Å². The van der Waals surface area contributed by atoms with Gasteiger partial charge in [0, 0.05) is 10.2 Å². The molecule has 2 aromatic carbocycles. The molecule has 1 heterocycles. The molecule has 0 saturated carbocycles. The number of anilines is 1. The van der Waals surface area contributed by atoms with Crippen molar-refractivity contribution < 1.29 is 4.79 Å². The minimum atomic E-state index is -0.0590. The van der Waals surface area contributed by atoms with Gasteiger partial charge in [-0.05, 0) is 43.0 Å². The molecule has 0 bridgehead atoms. The van der Waals surface area contributed by atoms with Gasteiger partial charge in [0.05, 0.1) is 16.8 Å². The third-order valence-electron chi connectivity index (χ3n) is 3.76. The van der Waals surface area contributed by atoms with Crippen LogP contribution < -0.4 is 5.32 Å². The first-order valence-electron chi connectivity index (χ1n) is 7.57. The Morgan fingerprint density at radius 3 is 2.83 bits per heavy atom. The zero-order valence-electron chi connectivity index (χ0n) is 13.5. The molecule has 0 unspecified atom stereocenters.